The lowest BCUT2D eigenvalue weighted by atomic mass is 9.96. The first kappa shape index (κ1) is 34.5. The lowest BCUT2D eigenvalue weighted by molar-refractivity contribution is -0.138. The monoisotopic (exact) mass is 696 g/mol. The van der Waals surface area contributed by atoms with E-state index in [1.807, 2.05) is 13.0 Å². The molecule has 0 unspecified atom stereocenters. The van der Waals surface area contributed by atoms with Crippen LogP contribution in [0.4, 0.5) is 32.2 Å². The summed E-state index contributed by atoms with van der Waals surface area (Å²) >= 11 is 0. The molecule has 2 N–H and O–H groups in total. The molecule has 0 atom stereocenters. The van der Waals surface area contributed by atoms with Crippen molar-refractivity contribution in [3.8, 4) is 45.7 Å². The van der Waals surface area contributed by atoms with Crippen LogP contribution in [0.25, 0.3) is 39.6 Å². The van der Waals surface area contributed by atoms with E-state index in [2.05, 4.69) is 35.9 Å². The molecule has 0 spiro atoms. The maximum absolute atomic E-state index is 14.2. The summed E-state index contributed by atoms with van der Waals surface area (Å²) in [5, 5.41) is 27.5. The molecule has 1 fully saturated rings. The fraction of sp³-hybridized carbons (Fsp3) is 0.333. The zero-order chi connectivity index (χ0) is 35.7. The number of aromatic nitrogens is 7. The van der Waals surface area contributed by atoms with Crippen LogP contribution in [0.5, 0.6) is 0 Å². The third-order valence-electron chi connectivity index (χ3n) is 8.08. The summed E-state index contributed by atoms with van der Waals surface area (Å²) in [6.45, 7) is 3.39. The second-order valence-corrected chi connectivity index (χ2v) is 12.1. The molecule has 5 heterocycles. The summed E-state index contributed by atoms with van der Waals surface area (Å²) in [7, 11) is 1.65. The SMILES string of the molecule is Cn1cnnc1-c1ccc(C(F)(F)F)cc1-c1cc(NCCCC#N)nc(-n2cc(-c3nc(CNC4(C)COC4)ccc3C(F)(F)F)cn2)c1. The molecule has 0 bridgehead atoms. The quantitative estimate of drug-likeness (QED) is 0.119. The number of nitrogens with one attached hydrogen (secondary N) is 2. The highest BCUT2D eigenvalue weighted by molar-refractivity contribution is 5.83. The molecule has 1 aromatic carbocycles. The van der Waals surface area contributed by atoms with E-state index in [0.717, 1.165) is 18.2 Å². The number of rotatable bonds is 11. The van der Waals surface area contributed by atoms with Crippen LogP contribution >= 0.6 is 0 Å². The molecule has 11 nitrogen and oxygen atoms in total. The van der Waals surface area contributed by atoms with E-state index >= 15 is 0 Å². The van der Waals surface area contributed by atoms with Crippen molar-refractivity contribution >= 4 is 5.82 Å². The highest BCUT2D eigenvalue weighted by Crippen LogP contribution is 2.39. The van der Waals surface area contributed by atoms with Crippen LogP contribution in [0.2, 0.25) is 0 Å². The number of nitriles is 1. The number of pyridine rings is 2. The fourth-order valence-electron chi connectivity index (χ4n) is 5.38. The summed E-state index contributed by atoms with van der Waals surface area (Å²) in [6.07, 6.45) is -4.70. The van der Waals surface area contributed by atoms with Gasteiger partial charge in [-0.25, -0.2) is 9.67 Å². The second kappa shape index (κ2) is 13.5. The van der Waals surface area contributed by atoms with Crippen LogP contribution in [0.1, 0.15) is 36.6 Å². The van der Waals surface area contributed by atoms with Gasteiger partial charge in [0.15, 0.2) is 11.6 Å². The van der Waals surface area contributed by atoms with Gasteiger partial charge in [0.2, 0.25) is 0 Å². The van der Waals surface area contributed by atoms with E-state index in [1.165, 1.54) is 41.6 Å². The lowest BCUT2D eigenvalue weighted by Crippen LogP contribution is -2.57. The van der Waals surface area contributed by atoms with Gasteiger partial charge in [-0.2, -0.15) is 36.7 Å². The molecule has 50 heavy (non-hydrogen) atoms. The first-order valence-electron chi connectivity index (χ1n) is 15.4. The Kier molecular flexibility index (Phi) is 9.33. The van der Waals surface area contributed by atoms with Crippen molar-refractivity contribution in [2.45, 2.75) is 44.2 Å². The number of hydrogen-bond acceptors (Lipinski definition) is 9. The van der Waals surface area contributed by atoms with Crippen molar-refractivity contribution < 1.29 is 31.1 Å². The molecule has 0 saturated carbocycles. The predicted molar refractivity (Wildman–Crippen MR) is 169 cm³/mol. The Hall–Kier alpha value is -5.34. The van der Waals surface area contributed by atoms with Crippen LogP contribution in [0, 0.1) is 11.3 Å². The Morgan fingerprint density at radius 2 is 1.78 bits per heavy atom. The van der Waals surface area contributed by atoms with Gasteiger partial charge in [-0.1, -0.05) is 0 Å². The molecule has 6 rings (SSSR count). The minimum Gasteiger partial charge on any atom is -0.377 e. The minimum atomic E-state index is -4.72. The molecule has 1 saturated heterocycles. The number of halogens is 6. The zero-order valence-electron chi connectivity index (χ0n) is 26.8. The van der Waals surface area contributed by atoms with Gasteiger partial charge in [0, 0.05) is 43.9 Å². The fourth-order valence-corrected chi connectivity index (χ4v) is 5.38. The molecule has 1 aliphatic heterocycles. The summed E-state index contributed by atoms with van der Waals surface area (Å²) in [5.74, 6) is 0.641. The third kappa shape index (κ3) is 7.45. The van der Waals surface area contributed by atoms with Crippen molar-refractivity contribution in [2.75, 3.05) is 25.1 Å². The molecule has 0 aliphatic carbocycles. The van der Waals surface area contributed by atoms with Crippen LogP contribution in [-0.2, 0) is 30.7 Å². The normalized spacial score (nSPS) is 14.3. The molecule has 0 radical (unpaired) electrons. The van der Waals surface area contributed by atoms with Crippen molar-refractivity contribution in [2.24, 2.45) is 7.05 Å². The topological polar surface area (TPSA) is 131 Å². The van der Waals surface area contributed by atoms with E-state index in [0.29, 0.717) is 43.3 Å². The smallest absolute Gasteiger partial charge is 0.377 e. The van der Waals surface area contributed by atoms with E-state index in [4.69, 9.17) is 10.00 Å². The van der Waals surface area contributed by atoms with Crippen molar-refractivity contribution in [1.29, 1.82) is 5.26 Å². The summed E-state index contributed by atoms with van der Waals surface area (Å²) in [5.41, 5.74) is -1.30. The molecule has 4 aromatic heterocycles. The van der Waals surface area contributed by atoms with E-state index in [9.17, 15) is 26.3 Å². The second-order valence-electron chi connectivity index (χ2n) is 12.1. The van der Waals surface area contributed by atoms with E-state index in [-0.39, 0.29) is 52.5 Å². The summed E-state index contributed by atoms with van der Waals surface area (Å²) in [6, 6.07) is 10.6. The summed E-state index contributed by atoms with van der Waals surface area (Å²) < 4.78 is 92.4. The van der Waals surface area contributed by atoms with Gasteiger partial charge in [0.1, 0.15) is 12.1 Å². The zero-order valence-corrected chi connectivity index (χ0v) is 26.8. The van der Waals surface area contributed by atoms with Crippen LogP contribution < -0.4 is 10.6 Å². The average Bonchev–Trinajstić information content (AvgIpc) is 3.73. The number of hydrogen-bond donors (Lipinski definition) is 2. The summed E-state index contributed by atoms with van der Waals surface area (Å²) in [4.78, 5) is 8.90. The molecule has 1 aliphatic rings. The molecular weight excluding hydrogens is 666 g/mol. The maximum atomic E-state index is 14.2. The van der Waals surface area contributed by atoms with Gasteiger partial charge in [-0.15, -0.1) is 10.2 Å². The number of unbranched alkanes of at least 4 members (excludes halogenated alkanes) is 1. The Balaban J connectivity index is 1.44. The molecular formula is C33H30F6N10O. The largest absolute Gasteiger partial charge is 0.418 e. The standard InChI is InChI=1S/C33H30F6N10O/c1-31(17-50-18-31)42-15-23-6-8-26(33(37,38)39)29(45-23)21-14-44-49(16-21)28-12-20(11-27(46-28)41-10-4-3-9-40)25-13-22(32(34,35)36)5-7-24(25)30-47-43-19-48(30)2/h5-8,11-14,16,19,42H,3-4,10,15,17-18H2,1-2H3,(H,41,46). The highest BCUT2D eigenvalue weighted by atomic mass is 19.4. The average molecular weight is 697 g/mol. The van der Waals surface area contributed by atoms with Gasteiger partial charge in [-0.3, -0.25) is 4.98 Å². The van der Waals surface area contributed by atoms with Gasteiger partial charge >= 0.3 is 12.4 Å². The van der Waals surface area contributed by atoms with Crippen LogP contribution in [-0.4, -0.2) is 59.8 Å². The molecule has 17 heteroatoms. The molecule has 260 valence electrons. The first-order valence-corrected chi connectivity index (χ1v) is 15.4. The minimum absolute atomic E-state index is 0.0481. The van der Waals surface area contributed by atoms with Crippen molar-refractivity contribution in [1.82, 2.24) is 39.8 Å². The lowest BCUT2D eigenvalue weighted by Gasteiger charge is -2.38. The Morgan fingerprint density at radius 1 is 0.980 bits per heavy atom. The van der Waals surface area contributed by atoms with E-state index in [1.54, 1.807) is 17.7 Å². The Labute approximate surface area is 282 Å². The Morgan fingerprint density at radius 3 is 2.44 bits per heavy atom. The number of aryl methyl sites for hydroxylation is 1. The third-order valence-corrected chi connectivity index (χ3v) is 8.08. The molecule has 5 aromatic rings. The van der Waals surface area contributed by atoms with Gasteiger partial charge in [-0.05, 0) is 66.9 Å². The Bertz CT molecular complexity index is 2040. The van der Waals surface area contributed by atoms with Crippen LogP contribution in [0.3, 0.4) is 0 Å². The van der Waals surface area contributed by atoms with Crippen LogP contribution in [0.15, 0.2) is 61.2 Å². The van der Waals surface area contributed by atoms with Gasteiger partial charge in [0.25, 0.3) is 0 Å². The number of nitrogens with zero attached hydrogens (tertiary/aromatic N) is 8. The number of benzene rings is 1. The van der Waals surface area contributed by atoms with Crippen molar-refractivity contribution in [3.05, 3.63) is 78.0 Å². The van der Waals surface area contributed by atoms with Gasteiger partial charge in [0.05, 0.1) is 53.5 Å². The number of ether oxygens (including phenoxy) is 1. The molecule has 0 amide bonds. The number of alkyl halides is 6. The maximum Gasteiger partial charge on any atom is 0.418 e. The highest BCUT2D eigenvalue weighted by Gasteiger charge is 2.36. The van der Waals surface area contributed by atoms with Crippen molar-refractivity contribution in [3.63, 3.8) is 0 Å². The van der Waals surface area contributed by atoms with E-state index < -0.39 is 23.5 Å². The first-order chi connectivity index (χ1) is 23.7. The van der Waals surface area contributed by atoms with Gasteiger partial charge < -0.3 is 19.9 Å². The predicted octanol–water partition coefficient (Wildman–Crippen LogP) is 6.42. The number of anilines is 1.